The summed E-state index contributed by atoms with van der Waals surface area (Å²) in [5, 5.41) is 1.25. The predicted molar refractivity (Wildman–Crippen MR) is 66.3 cm³/mol. The molecule has 3 rings (SSSR count). The molecule has 2 nitrogen and oxygen atoms in total. The first-order valence-electron chi connectivity index (χ1n) is 5.33. The van der Waals surface area contributed by atoms with E-state index in [-0.39, 0.29) is 0 Å². The highest BCUT2D eigenvalue weighted by molar-refractivity contribution is 5.85. The van der Waals surface area contributed by atoms with Gasteiger partial charge in [0.25, 0.3) is 0 Å². The smallest absolute Gasteiger partial charge is 0.0456 e. The Morgan fingerprint density at radius 1 is 1.06 bits per heavy atom. The second-order valence-corrected chi connectivity index (χ2v) is 4.00. The second kappa shape index (κ2) is 3.49. The molecule has 2 aromatic heterocycles. The summed E-state index contributed by atoms with van der Waals surface area (Å²) in [7, 11) is 0. The molecule has 0 saturated heterocycles. The summed E-state index contributed by atoms with van der Waals surface area (Å²) in [5.74, 6) is 0. The molecule has 1 aromatic carbocycles. The lowest BCUT2D eigenvalue weighted by atomic mass is 10.1. The fraction of sp³-hybridized carbons (Fsp3) is 0.0714. The minimum Gasteiger partial charge on any atom is -0.359 e. The zero-order valence-electron chi connectivity index (χ0n) is 9.07. The van der Waals surface area contributed by atoms with E-state index in [1.54, 1.807) is 6.20 Å². The molecule has 0 aliphatic carbocycles. The Morgan fingerprint density at radius 3 is 2.81 bits per heavy atom. The highest BCUT2D eigenvalue weighted by atomic mass is 14.7. The molecule has 0 aliphatic heterocycles. The first kappa shape index (κ1) is 9.16. The van der Waals surface area contributed by atoms with Crippen LogP contribution in [0.15, 0.2) is 48.8 Å². The van der Waals surface area contributed by atoms with Crippen LogP contribution in [0.25, 0.3) is 22.0 Å². The van der Waals surface area contributed by atoms with E-state index in [4.69, 9.17) is 0 Å². The van der Waals surface area contributed by atoms with Crippen molar-refractivity contribution in [2.75, 3.05) is 0 Å². The summed E-state index contributed by atoms with van der Waals surface area (Å²) in [6.45, 7) is 2.07. The number of nitrogens with zero attached hydrogens (tertiary/aromatic N) is 1. The number of hydrogen-bond acceptors (Lipinski definition) is 1. The maximum atomic E-state index is 4.14. The van der Waals surface area contributed by atoms with E-state index in [0.29, 0.717) is 0 Å². The highest BCUT2D eigenvalue weighted by Crippen LogP contribution is 2.23. The average molecular weight is 208 g/mol. The van der Waals surface area contributed by atoms with Crippen molar-refractivity contribution in [2.45, 2.75) is 6.92 Å². The summed E-state index contributed by atoms with van der Waals surface area (Å²) in [4.78, 5) is 7.46. The number of nitrogens with one attached hydrogen (secondary N) is 1. The number of aromatic nitrogens is 2. The molecule has 1 N–H and O–H groups in total. The van der Waals surface area contributed by atoms with E-state index >= 15 is 0 Å². The van der Waals surface area contributed by atoms with Gasteiger partial charge in [-0.25, -0.2) is 0 Å². The lowest BCUT2D eigenvalue weighted by molar-refractivity contribution is 1.30. The molecule has 0 fully saturated rings. The van der Waals surface area contributed by atoms with Crippen molar-refractivity contribution < 1.29 is 0 Å². The summed E-state index contributed by atoms with van der Waals surface area (Å²) >= 11 is 0. The third-order valence-electron chi connectivity index (χ3n) is 2.75. The normalized spacial score (nSPS) is 10.8. The Balaban J connectivity index is 2.18. The quantitative estimate of drug-likeness (QED) is 0.651. The summed E-state index contributed by atoms with van der Waals surface area (Å²) in [5.41, 5.74) is 4.74. The monoisotopic (exact) mass is 208 g/mol. The fourth-order valence-corrected chi connectivity index (χ4v) is 1.99. The molecule has 0 spiro atoms. The Bertz CT molecular complexity index is 624. The average Bonchev–Trinajstić information content (AvgIpc) is 2.69. The summed E-state index contributed by atoms with van der Waals surface area (Å²) < 4.78 is 0. The molecule has 0 bridgehead atoms. The van der Waals surface area contributed by atoms with Gasteiger partial charge < -0.3 is 4.98 Å². The van der Waals surface area contributed by atoms with Crippen LogP contribution in [0, 0.1) is 6.92 Å². The Morgan fingerprint density at radius 2 is 2.00 bits per heavy atom. The van der Waals surface area contributed by atoms with Gasteiger partial charge in [-0.15, -0.1) is 0 Å². The lowest BCUT2D eigenvalue weighted by Gasteiger charge is -2.00. The van der Waals surface area contributed by atoms with Gasteiger partial charge in [0.1, 0.15) is 0 Å². The zero-order chi connectivity index (χ0) is 11.0. The third kappa shape index (κ3) is 1.48. The van der Waals surface area contributed by atoms with E-state index in [9.17, 15) is 0 Å². The topological polar surface area (TPSA) is 28.7 Å². The molecule has 0 saturated carbocycles. The van der Waals surface area contributed by atoms with Gasteiger partial charge in [-0.1, -0.05) is 12.1 Å². The van der Waals surface area contributed by atoms with Crippen molar-refractivity contribution in [1.29, 1.82) is 0 Å². The molecule has 0 radical (unpaired) electrons. The van der Waals surface area contributed by atoms with Crippen LogP contribution in [0.4, 0.5) is 0 Å². The van der Waals surface area contributed by atoms with Gasteiger partial charge in [-0.05, 0) is 36.8 Å². The molecule has 2 heterocycles. The number of pyridine rings is 1. The molecule has 16 heavy (non-hydrogen) atoms. The number of fused-ring (bicyclic) bond motifs is 1. The van der Waals surface area contributed by atoms with Gasteiger partial charge in [0.15, 0.2) is 0 Å². The number of rotatable bonds is 1. The van der Waals surface area contributed by atoms with Crippen molar-refractivity contribution in [3.05, 3.63) is 54.5 Å². The van der Waals surface area contributed by atoms with E-state index in [1.165, 1.54) is 22.2 Å². The fourth-order valence-electron chi connectivity index (χ4n) is 1.99. The maximum Gasteiger partial charge on any atom is 0.0456 e. The molecular weight excluding hydrogens is 196 g/mol. The number of hydrogen-bond donors (Lipinski definition) is 1. The van der Waals surface area contributed by atoms with Crippen molar-refractivity contribution in [1.82, 2.24) is 9.97 Å². The van der Waals surface area contributed by atoms with Crippen molar-refractivity contribution in [2.24, 2.45) is 0 Å². The number of H-pyrrole nitrogens is 1. The first-order valence-corrected chi connectivity index (χ1v) is 5.33. The van der Waals surface area contributed by atoms with Gasteiger partial charge in [0.05, 0.1) is 0 Å². The van der Waals surface area contributed by atoms with Gasteiger partial charge in [-0.3, -0.25) is 4.98 Å². The lowest BCUT2D eigenvalue weighted by Crippen LogP contribution is -1.78. The second-order valence-electron chi connectivity index (χ2n) is 4.00. The van der Waals surface area contributed by atoms with Crippen LogP contribution in [-0.4, -0.2) is 9.97 Å². The van der Waals surface area contributed by atoms with Gasteiger partial charge >= 0.3 is 0 Å². The van der Waals surface area contributed by atoms with E-state index in [1.807, 2.05) is 12.3 Å². The Labute approximate surface area is 94.0 Å². The molecule has 78 valence electrons. The van der Waals surface area contributed by atoms with Crippen LogP contribution >= 0.6 is 0 Å². The largest absolute Gasteiger partial charge is 0.359 e. The van der Waals surface area contributed by atoms with Crippen LogP contribution < -0.4 is 0 Å². The van der Waals surface area contributed by atoms with E-state index in [2.05, 4.69) is 47.2 Å². The molecular formula is C14H12N2. The molecule has 3 aromatic rings. The number of aryl methyl sites for hydroxylation is 1. The third-order valence-corrected chi connectivity index (χ3v) is 2.75. The SMILES string of the molecule is Cc1cc2cc(-c3cccnc3)ccc2[nH]1. The number of benzene rings is 1. The molecule has 0 aliphatic rings. The first-order chi connectivity index (χ1) is 7.83. The van der Waals surface area contributed by atoms with Crippen molar-refractivity contribution >= 4 is 10.9 Å². The van der Waals surface area contributed by atoms with E-state index < -0.39 is 0 Å². The van der Waals surface area contributed by atoms with Crippen molar-refractivity contribution in [3.63, 3.8) is 0 Å². The summed E-state index contributed by atoms with van der Waals surface area (Å²) in [6.07, 6.45) is 3.68. The van der Waals surface area contributed by atoms with E-state index in [0.717, 1.165) is 5.56 Å². The standard InChI is InChI=1S/C14H12N2/c1-10-7-13-8-11(4-5-14(13)16-10)12-3-2-6-15-9-12/h2-9,16H,1H3. The van der Waals surface area contributed by atoms with Crippen LogP contribution in [0.5, 0.6) is 0 Å². The number of aromatic amines is 1. The Kier molecular flexibility index (Phi) is 2.00. The van der Waals surface area contributed by atoms with Crippen molar-refractivity contribution in [3.8, 4) is 11.1 Å². The maximum absolute atomic E-state index is 4.14. The molecule has 0 atom stereocenters. The molecule has 0 amide bonds. The van der Waals surface area contributed by atoms with Crippen LogP contribution in [0.3, 0.4) is 0 Å². The highest BCUT2D eigenvalue weighted by Gasteiger charge is 2.01. The molecule has 2 heteroatoms. The van der Waals surface area contributed by atoms with Gasteiger partial charge in [0, 0.05) is 34.6 Å². The van der Waals surface area contributed by atoms with Crippen LogP contribution in [0.1, 0.15) is 5.69 Å². The zero-order valence-corrected chi connectivity index (χ0v) is 9.07. The summed E-state index contributed by atoms with van der Waals surface area (Å²) in [6, 6.07) is 12.6. The minimum atomic E-state index is 1.16. The Hall–Kier alpha value is -2.09. The molecule has 0 unspecified atom stereocenters. The minimum absolute atomic E-state index is 1.16. The van der Waals surface area contributed by atoms with Gasteiger partial charge in [-0.2, -0.15) is 0 Å². The van der Waals surface area contributed by atoms with Crippen LogP contribution in [-0.2, 0) is 0 Å². The van der Waals surface area contributed by atoms with Gasteiger partial charge in [0.2, 0.25) is 0 Å². The predicted octanol–water partition coefficient (Wildman–Crippen LogP) is 3.54. The van der Waals surface area contributed by atoms with Crippen LogP contribution in [0.2, 0.25) is 0 Å².